The zero-order valence-electron chi connectivity index (χ0n) is 21.3. The summed E-state index contributed by atoms with van der Waals surface area (Å²) in [4.78, 5) is 16.7. The molecule has 0 N–H and O–H groups in total. The molecule has 3 atom stereocenters. The van der Waals surface area contributed by atoms with Crippen LogP contribution in [0.1, 0.15) is 32.1 Å². The lowest BCUT2D eigenvalue weighted by atomic mass is 9.98. The number of nitro groups is 1. The number of alkyl halides is 3. The summed E-state index contributed by atoms with van der Waals surface area (Å²) >= 11 is 0. The summed E-state index contributed by atoms with van der Waals surface area (Å²) < 4.78 is 60.6. The van der Waals surface area contributed by atoms with Crippen molar-refractivity contribution >= 4 is 11.5 Å². The molecule has 6 rings (SSSR count). The molecular formula is C27H27F3N4O6. The van der Waals surface area contributed by atoms with Crippen LogP contribution in [0.5, 0.6) is 23.3 Å². The van der Waals surface area contributed by atoms with Crippen LogP contribution in [0.3, 0.4) is 0 Å². The maximum atomic E-state index is 12.4. The summed E-state index contributed by atoms with van der Waals surface area (Å²) in [5.74, 6) is 0.728. The van der Waals surface area contributed by atoms with Crippen LogP contribution in [0.15, 0.2) is 54.7 Å². The van der Waals surface area contributed by atoms with Gasteiger partial charge >= 0.3 is 18.2 Å². The summed E-state index contributed by atoms with van der Waals surface area (Å²) in [5, 5.41) is 10.9. The van der Waals surface area contributed by atoms with Crippen molar-refractivity contribution in [2.24, 2.45) is 0 Å². The van der Waals surface area contributed by atoms with E-state index in [0.29, 0.717) is 43.2 Å². The minimum absolute atomic E-state index is 0.0155. The average Bonchev–Trinajstić information content (AvgIpc) is 3.46. The van der Waals surface area contributed by atoms with E-state index in [2.05, 4.69) is 14.6 Å². The molecule has 2 saturated heterocycles. The molecule has 0 aliphatic carbocycles. The van der Waals surface area contributed by atoms with Crippen LogP contribution >= 0.6 is 0 Å². The van der Waals surface area contributed by atoms with Crippen LogP contribution in [0.2, 0.25) is 0 Å². The first kappa shape index (κ1) is 26.1. The highest BCUT2D eigenvalue weighted by atomic mass is 19.4. The number of imidazole rings is 1. The van der Waals surface area contributed by atoms with Gasteiger partial charge in [-0.15, -0.1) is 13.2 Å². The summed E-state index contributed by atoms with van der Waals surface area (Å²) in [7, 11) is 0. The second-order valence-corrected chi connectivity index (χ2v) is 10.2. The number of hydrogen-bond donors (Lipinski definition) is 0. The third-order valence-electron chi connectivity index (χ3n) is 7.50. The fourth-order valence-corrected chi connectivity index (χ4v) is 5.80. The van der Waals surface area contributed by atoms with Crippen LogP contribution < -0.4 is 23.8 Å². The van der Waals surface area contributed by atoms with Crippen LogP contribution in [-0.2, 0) is 6.54 Å². The summed E-state index contributed by atoms with van der Waals surface area (Å²) in [5.41, 5.74) is 1.11. The molecule has 2 bridgehead atoms. The second-order valence-electron chi connectivity index (χ2n) is 10.2. The van der Waals surface area contributed by atoms with Gasteiger partial charge in [-0.05, 0) is 66.3 Å². The number of piperidine rings is 1. The number of fused-ring (bicyclic) bond motifs is 3. The minimum atomic E-state index is -4.72. The largest absolute Gasteiger partial charge is 0.573 e. The first-order valence-electron chi connectivity index (χ1n) is 13.1. The van der Waals surface area contributed by atoms with Gasteiger partial charge < -0.3 is 34.0 Å². The number of benzene rings is 2. The van der Waals surface area contributed by atoms with Crippen LogP contribution in [0.4, 0.5) is 24.7 Å². The van der Waals surface area contributed by atoms with Gasteiger partial charge in [0.2, 0.25) is 0 Å². The Morgan fingerprint density at radius 2 is 1.62 bits per heavy atom. The molecule has 2 aromatic carbocycles. The van der Waals surface area contributed by atoms with Gasteiger partial charge in [0, 0.05) is 48.6 Å². The Morgan fingerprint density at radius 1 is 0.975 bits per heavy atom. The molecule has 3 aromatic rings. The SMILES string of the molecule is O=[N+]([O-])c1cn2c(n1)OC(COc1ccc(N3C4CCC3CC(Oc3ccc(OC(F)(F)F)cc3)C4)cc1)CC2. The zero-order valence-corrected chi connectivity index (χ0v) is 21.3. The molecule has 0 radical (unpaired) electrons. The van der Waals surface area contributed by atoms with E-state index in [0.717, 1.165) is 31.4 Å². The lowest BCUT2D eigenvalue weighted by molar-refractivity contribution is -0.389. The lowest BCUT2D eigenvalue weighted by Crippen LogP contribution is -2.46. The van der Waals surface area contributed by atoms with Crippen molar-refractivity contribution in [1.29, 1.82) is 0 Å². The fraction of sp³-hybridized carbons (Fsp3) is 0.444. The molecule has 212 valence electrons. The molecule has 4 heterocycles. The Morgan fingerprint density at radius 3 is 2.27 bits per heavy atom. The van der Waals surface area contributed by atoms with E-state index in [-0.39, 0.29) is 29.8 Å². The number of aromatic nitrogens is 2. The van der Waals surface area contributed by atoms with Gasteiger partial charge in [0.25, 0.3) is 0 Å². The predicted octanol–water partition coefficient (Wildman–Crippen LogP) is 5.50. The van der Waals surface area contributed by atoms with E-state index in [1.54, 1.807) is 4.57 Å². The van der Waals surface area contributed by atoms with Gasteiger partial charge in [0.1, 0.15) is 42.3 Å². The monoisotopic (exact) mass is 560 g/mol. The molecule has 13 heteroatoms. The Bertz CT molecular complexity index is 1330. The number of hydrogen-bond acceptors (Lipinski definition) is 8. The van der Waals surface area contributed by atoms with Crippen molar-refractivity contribution in [2.45, 2.75) is 69.3 Å². The van der Waals surface area contributed by atoms with Crippen molar-refractivity contribution in [2.75, 3.05) is 11.5 Å². The van der Waals surface area contributed by atoms with Crippen LogP contribution in [0, 0.1) is 10.1 Å². The molecule has 0 amide bonds. The highest BCUT2D eigenvalue weighted by Crippen LogP contribution is 2.41. The van der Waals surface area contributed by atoms with Gasteiger partial charge in [0.05, 0.1) is 0 Å². The fourth-order valence-electron chi connectivity index (χ4n) is 5.80. The van der Waals surface area contributed by atoms with Gasteiger partial charge in [-0.1, -0.05) is 0 Å². The lowest BCUT2D eigenvalue weighted by Gasteiger charge is -2.40. The molecule has 10 nitrogen and oxygen atoms in total. The standard InChI is InChI=1S/C27H27F3N4O6/c28-27(29,30)40-22-9-7-21(8-10-22)38-24-13-18-1-2-19(14-24)33(18)17-3-5-20(6-4-17)37-16-23-11-12-32-15-25(34(35)36)31-26(32)39-23/h3-10,15,18-19,23-24H,1-2,11-14,16H2. The third-order valence-corrected chi connectivity index (χ3v) is 7.50. The van der Waals surface area contributed by atoms with Gasteiger partial charge in [-0.2, -0.15) is 0 Å². The average molecular weight is 561 g/mol. The van der Waals surface area contributed by atoms with Crippen molar-refractivity contribution in [3.8, 4) is 23.3 Å². The molecule has 3 aliphatic rings. The summed E-state index contributed by atoms with van der Waals surface area (Å²) in [6.07, 6.45) is 0.788. The van der Waals surface area contributed by atoms with E-state index in [9.17, 15) is 23.3 Å². The Labute approximate surface area is 227 Å². The molecular weight excluding hydrogens is 533 g/mol. The maximum absolute atomic E-state index is 12.4. The van der Waals surface area contributed by atoms with E-state index >= 15 is 0 Å². The predicted molar refractivity (Wildman–Crippen MR) is 136 cm³/mol. The maximum Gasteiger partial charge on any atom is 0.573 e. The highest BCUT2D eigenvalue weighted by molar-refractivity contribution is 5.52. The Kier molecular flexibility index (Phi) is 6.80. The van der Waals surface area contributed by atoms with Crippen LogP contribution in [-0.4, -0.2) is 51.7 Å². The topological polar surface area (TPSA) is 101 Å². The number of aryl methyl sites for hydroxylation is 1. The number of ether oxygens (including phenoxy) is 4. The van der Waals surface area contributed by atoms with E-state index in [1.165, 1.54) is 30.5 Å². The van der Waals surface area contributed by atoms with Gasteiger partial charge in [0.15, 0.2) is 0 Å². The molecule has 0 saturated carbocycles. The Hall–Kier alpha value is -4.16. The minimum Gasteiger partial charge on any atom is -0.490 e. The van der Waals surface area contributed by atoms with E-state index in [4.69, 9.17) is 14.2 Å². The molecule has 40 heavy (non-hydrogen) atoms. The van der Waals surface area contributed by atoms with E-state index in [1.807, 2.05) is 24.3 Å². The zero-order chi connectivity index (χ0) is 27.9. The quantitative estimate of drug-likeness (QED) is 0.263. The summed E-state index contributed by atoms with van der Waals surface area (Å²) in [6, 6.07) is 14.3. The molecule has 0 spiro atoms. The van der Waals surface area contributed by atoms with Crippen molar-refractivity contribution in [1.82, 2.24) is 9.55 Å². The number of nitrogens with zero attached hydrogens (tertiary/aromatic N) is 4. The molecule has 3 unspecified atom stereocenters. The second kappa shape index (κ2) is 10.4. The Balaban J connectivity index is 1.01. The number of halogens is 3. The normalized spacial score (nSPS) is 23.7. The molecule has 1 aromatic heterocycles. The van der Waals surface area contributed by atoms with Crippen molar-refractivity contribution in [3.05, 3.63) is 64.8 Å². The third kappa shape index (κ3) is 5.73. The molecule has 2 fully saturated rings. The first-order chi connectivity index (χ1) is 19.2. The van der Waals surface area contributed by atoms with Gasteiger partial charge in [-0.3, -0.25) is 4.57 Å². The number of anilines is 1. The smallest absolute Gasteiger partial charge is 0.490 e. The van der Waals surface area contributed by atoms with Gasteiger partial charge in [-0.25, -0.2) is 0 Å². The summed E-state index contributed by atoms with van der Waals surface area (Å²) in [6.45, 7) is 0.876. The number of rotatable bonds is 8. The van der Waals surface area contributed by atoms with E-state index < -0.39 is 11.3 Å². The molecule has 3 aliphatic heterocycles. The highest BCUT2D eigenvalue weighted by Gasteiger charge is 2.41. The van der Waals surface area contributed by atoms with Crippen LogP contribution in [0.25, 0.3) is 0 Å². The first-order valence-corrected chi connectivity index (χ1v) is 13.1. The van der Waals surface area contributed by atoms with Crippen molar-refractivity contribution < 1.29 is 37.0 Å². The van der Waals surface area contributed by atoms with Crippen molar-refractivity contribution in [3.63, 3.8) is 0 Å².